The van der Waals surface area contributed by atoms with Crippen LogP contribution in [-0.2, 0) is 6.54 Å². The zero-order chi connectivity index (χ0) is 13.5. The van der Waals surface area contributed by atoms with Crippen molar-refractivity contribution in [1.82, 2.24) is 20.2 Å². The topological polar surface area (TPSA) is 78.3 Å². The Balaban J connectivity index is 2.42. The minimum absolute atomic E-state index is 0.155. The van der Waals surface area contributed by atoms with Crippen molar-refractivity contribution in [1.29, 1.82) is 0 Å². The van der Waals surface area contributed by atoms with Crippen LogP contribution in [0.3, 0.4) is 0 Å². The number of hydrogen-bond donors (Lipinski definition) is 2. The second-order valence-corrected chi connectivity index (χ2v) is 4.44. The van der Waals surface area contributed by atoms with Crippen LogP contribution in [0.5, 0.6) is 0 Å². The number of rotatable bonds is 7. The van der Waals surface area contributed by atoms with E-state index in [0.29, 0.717) is 18.3 Å². The summed E-state index contributed by atoms with van der Waals surface area (Å²) in [4.78, 5) is 20.9. The third-order valence-electron chi connectivity index (χ3n) is 2.84. The molecule has 0 saturated heterocycles. The minimum atomic E-state index is -0.994. The summed E-state index contributed by atoms with van der Waals surface area (Å²) in [6.45, 7) is 6.40. The quantitative estimate of drug-likeness (QED) is 0.692. The van der Waals surface area contributed by atoms with Crippen LogP contribution in [0.25, 0.3) is 0 Å². The summed E-state index contributed by atoms with van der Waals surface area (Å²) >= 11 is 0. The Morgan fingerprint density at radius 1 is 1.56 bits per heavy atom. The highest BCUT2D eigenvalue weighted by atomic mass is 16.4. The first-order chi connectivity index (χ1) is 8.52. The van der Waals surface area contributed by atoms with Gasteiger partial charge in [-0.3, -0.25) is 0 Å². The van der Waals surface area contributed by atoms with Crippen LogP contribution in [-0.4, -0.2) is 52.1 Å². The molecule has 0 fully saturated rings. The molecule has 18 heavy (non-hydrogen) atoms. The number of hydrogen-bond acceptors (Lipinski definition) is 5. The van der Waals surface area contributed by atoms with Gasteiger partial charge < -0.3 is 15.3 Å². The van der Waals surface area contributed by atoms with Crippen LogP contribution < -0.4 is 5.32 Å². The van der Waals surface area contributed by atoms with Crippen LogP contribution in [0.15, 0.2) is 12.5 Å². The van der Waals surface area contributed by atoms with Gasteiger partial charge in [0.1, 0.15) is 11.9 Å². The van der Waals surface area contributed by atoms with Crippen molar-refractivity contribution in [2.24, 2.45) is 0 Å². The molecule has 0 aliphatic heterocycles. The summed E-state index contributed by atoms with van der Waals surface area (Å²) in [5, 5.41) is 12.2. The maximum absolute atomic E-state index is 10.9. The molecule has 1 aromatic heterocycles. The number of nitrogens with one attached hydrogen (secondary N) is 1. The number of carboxylic acids is 1. The molecule has 0 radical (unpaired) electrons. The summed E-state index contributed by atoms with van der Waals surface area (Å²) in [5.74, 6) is -0.994. The zero-order valence-corrected chi connectivity index (χ0v) is 11.1. The summed E-state index contributed by atoms with van der Waals surface area (Å²) in [7, 11) is 2.06. The van der Waals surface area contributed by atoms with E-state index in [4.69, 9.17) is 5.11 Å². The molecule has 0 bridgehead atoms. The highest BCUT2D eigenvalue weighted by Gasteiger charge is 2.10. The van der Waals surface area contributed by atoms with E-state index in [-0.39, 0.29) is 5.56 Å². The number of aromatic nitrogens is 2. The van der Waals surface area contributed by atoms with E-state index in [1.54, 1.807) is 0 Å². The normalized spacial score (nSPS) is 11.2. The Bertz CT molecular complexity index is 395. The van der Waals surface area contributed by atoms with Gasteiger partial charge in [-0.15, -0.1) is 0 Å². The van der Waals surface area contributed by atoms with Gasteiger partial charge in [0, 0.05) is 31.9 Å². The van der Waals surface area contributed by atoms with Gasteiger partial charge >= 0.3 is 5.97 Å². The number of likely N-dealkylation sites (N-methyl/N-ethyl adjacent to an activating group) is 1. The molecule has 1 rings (SSSR count). The largest absolute Gasteiger partial charge is 0.478 e. The Hall–Kier alpha value is -1.53. The average Bonchev–Trinajstić information content (AvgIpc) is 2.34. The van der Waals surface area contributed by atoms with Gasteiger partial charge in [-0.25, -0.2) is 14.8 Å². The lowest BCUT2D eigenvalue weighted by Gasteiger charge is -2.20. The van der Waals surface area contributed by atoms with Gasteiger partial charge in [0.05, 0.1) is 5.69 Å². The molecule has 0 aliphatic carbocycles. The summed E-state index contributed by atoms with van der Waals surface area (Å²) in [6, 6.07) is 0.500. The first-order valence-corrected chi connectivity index (χ1v) is 5.95. The van der Waals surface area contributed by atoms with Crippen molar-refractivity contribution in [2.75, 3.05) is 20.1 Å². The molecule has 6 nitrogen and oxygen atoms in total. The van der Waals surface area contributed by atoms with Gasteiger partial charge in [-0.1, -0.05) is 0 Å². The Labute approximate surface area is 107 Å². The Morgan fingerprint density at radius 2 is 2.28 bits per heavy atom. The fraction of sp³-hybridized carbons (Fsp3) is 0.583. The second-order valence-electron chi connectivity index (χ2n) is 4.44. The van der Waals surface area contributed by atoms with E-state index in [0.717, 1.165) is 13.1 Å². The highest BCUT2D eigenvalue weighted by molar-refractivity contribution is 5.88. The molecular formula is C12H20N4O2. The predicted molar refractivity (Wildman–Crippen MR) is 68.5 cm³/mol. The molecule has 2 N–H and O–H groups in total. The molecule has 0 atom stereocenters. The molecule has 1 heterocycles. The third kappa shape index (κ3) is 4.38. The third-order valence-corrected chi connectivity index (χ3v) is 2.84. The summed E-state index contributed by atoms with van der Waals surface area (Å²) < 4.78 is 0. The van der Waals surface area contributed by atoms with Crippen LogP contribution in [0.4, 0.5) is 0 Å². The van der Waals surface area contributed by atoms with Gasteiger partial charge in [-0.2, -0.15) is 0 Å². The molecule has 0 aromatic carbocycles. The first-order valence-electron chi connectivity index (χ1n) is 5.95. The van der Waals surface area contributed by atoms with Crippen molar-refractivity contribution < 1.29 is 9.90 Å². The van der Waals surface area contributed by atoms with E-state index in [2.05, 4.69) is 41.1 Å². The molecule has 100 valence electrons. The zero-order valence-electron chi connectivity index (χ0n) is 11.1. The lowest BCUT2D eigenvalue weighted by Crippen LogP contribution is -2.33. The maximum atomic E-state index is 10.9. The second kappa shape index (κ2) is 7.03. The SMILES string of the molecule is CC(C)N(C)CCNCc1ncncc1C(=O)O. The van der Waals surface area contributed by atoms with E-state index < -0.39 is 5.97 Å². The fourth-order valence-corrected chi connectivity index (χ4v) is 1.39. The molecule has 0 amide bonds. The molecule has 0 spiro atoms. The average molecular weight is 252 g/mol. The van der Waals surface area contributed by atoms with Gasteiger partial charge in [0.15, 0.2) is 0 Å². The monoisotopic (exact) mass is 252 g/mol. The van der Waals surface area contributed by atoms with Crippen LogP contribution in [0.1, 0.15) is 29.9 Å². The Morgan fingerprint density at radius 3 is 2.89 bits per heavy atom. The van der Waals surface area contributed by atoms with Crippen molar-refractivity contribution in [2.45, 2.75) is 26.4 Å². The smallest absolute Gasteiger partial charge is 0.339 e. The van der Waals surface area contributed by atoms with Crippen molar-refractivity contribution in [3.63, 3.8) is 0 Å². The van der Waals surface area contributed by atoms with Crippen LogP contribution in [0, 0.1) is 0 Å². The number of aromatic carboxylic acids is 1. The molecule has 1 aromatic rings. The molecule has 0 unspecified atom stereocenters. The maximum Gasteiger partial charge on any atom is 0.339 e. The van der Waals surface area contributed by atoms with E-state index in [9.17, 15) is 4.79 Å². The molecule has 0 aliphatic rings. The predicted octanol–water partition coefficient (Wildman–Crippen LogP) is 0.605. The van der Waals surface area contributed by atoms with Gasteiger partial charge in [0.2, 0.25) is 0 Å². The Kier molecular flexibility index (Phi) is 5.67. The lowest BCUT2D eigenvalue weighted by molar-refractivity contribution is 0.0694. The standard InChI is InChI=1S/C12H20N4O2/c1-9(2)16(3)5-4-13-7-11-10(12(17)18)6-14-8-15-11/h6,8-9,13H,4-5,7H2,1-3H3,(H,17,18). The molecule has 6 heteroatoms. The van der Waals surface area contributed by atoms with E-state index in [1.807, 2.05) is 0 Å². The van der Waals surface area contributed by atoms with Crippen molar-refractivity contribution in [3.05, 3.63) is 23.8 Å². The fourth-order valence-electron chi connectivity index (χ4n) is 1.39. The summed E-state index contributed by atoms with van der Waals surface area (Å²) in [5.41, 5.74) is 0.673. The van der Waals surface area contributed by atoms with Gasteiger partial charge in [-0.05, 0) is 20.9 Å². The van der Waals surface area contributed by atoms with Crippen molar-refractivity contribution in [3.8, 4) is 0 Å². The first kappa shape index (κ1) is 14.5. The molecular weight excluding hydrogens is 232 g/mol. The number of carboxylic acid groups (broad SMARTS) is 1. The van der Waals surface area contributed by atoms with Crippen LogP contribution in [0.2, 0.25) is 0 Å². The van der Waals surface area contributed by atoms with E-state index >= 15 is 0 Å². The lowest BCUT2D eigenvalue weighted by atomic mass is 10.2. The molecule has 0 saturated carbocycles. The highest BCUT2D eigenvalue weighted by Crippen LogP contribution is 2.02. The number of nitrogens with zero attached hydrogens (tertiary/aromatic N) is 3. The van der Waals surface area contributed by atoms with Crippen molar-refractivity contribution >= 4 is 5.97 Å². The number of carbonyl (C=O) groups is 1. The van der Waals surface area contributed by atoms with Gasteiger partial charge in [0.25, 0.3) is 0 Å². The van der Waals surface area contributed by atoms with E-state index in [1.165, 1.54) is 12.5 Å². The minimum Gasteiger partial charge on any atom is -0.478 e. The summed E-state index contributed by atoms with van der Waals surface area (Å²) in [6.07, 6.45) is 2.69. The van der Waals surface area contributed by atoms with Crippen LogP contribution >= 0.6 is 0 Å².